The molecule has 0 aliphatic heterocycles. The molecule has 0 saturated carbocycles. The zero-order valence-electron chi connectivity index (χ0n) is 14.1. The molecule has 0 aromatic heterocycles. The maximum atomic E-state index is 12.6. The third kappa shape index (κ3) is 4.50. The standard InChI is InChI=1S/C19H16F3NO3/c1-12-10-13(18(24)25-3)4-9-16(12)17(11-23-2)26-15-7-5-14(6-8-15)19(20,21)22/h4-11H,2H2,1,3H3/b17-11+. The van der Waals surface area contributed by atoms with Crippen LogP contribution in [0.2, 0.25) is 0 Å². The summed E-state index contributed by atoms with van der Waals surface area (Å²) in [5.41, 5.74) is 0.921. The molecule has 0 spiro atoms. The fourth-order valence-electron chi connectivity index (χ4n) is 2.26. The van der Waals surface area contributed by atoms with Crippen molar-refractivity contribution in [1.82, 2.24) is 0 Å². The van der Waals surface area contributed by atoms with Crippen LogP contribution >= 0.6 is 0 Å². The van der Waals surface area contributed by atoms with Crippen LogP contribution in [0.15, 0.2) is 53.7 Å². The van der Waals surface area contributed by atoms with Crippen molar-refractivity contribution in [3.05, 3.63) is 70.9 Å². The predicted octanol–water partition coefficient (Wildman–Crippen LogP) is 4.88. The highest BCUT2D eigenvalue weighted by Gasteiger charge is 2.30. The Labute approximate surface area is 148 Å². The van der Waals surface area contributed by atoms with E-state index in [2.05, 4.69) is 16.4 Å². The second-order valence-corrected chi connectivity index (χ2v) is 5.32. The molecule has 0 amide bonds. The lowest BCUT2D eigenvalue weighted by atomic mass is 10.0. The van der Waals surface area contributed by atoms with Crippen molar-refractivity contribution in [3.63, 3.8) is 0 Å². The third-order valence-electron chi connectivity index (χ3n) is 3.53. The van der Waals surface area contributed by atoms with Crippen LogP contribution in [0.4, 0.5) is 13.2 Å². The molecule has 0 saturated heterocycles. The Kier molecular flexibility index (Phi) is 5.82. The Morgan fingerprint density at radius 1 is 1.15 bits per heavy atom. The molecule has 2 rings (SSSR count). The zero-order chi connectivity index (χ0) is 19.3. The van der Waals surface area contributed by atoms with Gasteiger partial charge in [0.15, 0.2) is 5.76 Å². The Balaban J connectivity index is 2.31. The van der Waals surface area contributed by atoms with Crippen molar-refractivity contribution in [1.29, 1.82) is 0 Å². The zero-order valence-corrected chi connectivity index (χ0v) is 14.1. The van der Waals surface area contributed by atoms with Gasteiger partial charge in [-0.15, -0.1) is 0 Å². The normalized spacial score (nSPS) is 11.8. The van der Waals surface area contributed by atoms with E-state index >= 15 is 0 Å². The lowest BCUT2D eigenvalue weighted by Crippen LogP contribution is -2.05. The first kappa shape index (κ1) is 19.2. The molecular formula is C19H16F3NO3. The average molecular weight is 363 g/mol. The molecule has 136 valence electrons. The summed E-state index contributed by atoms with van der Waals surface area (Å²) in [6, 6.07) is 9.12. The van der Waals surface area contributed by atoms with Crippen LogP contribution in [0.5, 0.6) is 5.75 Å². The molecule has 4 nitrogen and oxygen atoms in total. The van der Waals surface area contributed by atoms with E-state index in [0.29, 0.717) is 16.7 Å². The Hall–Kier alpha value is -3.09. The van der Waals surface area contributed by atoms with E-state index in [1.54, 1.807) is 25.1 Å². The largest absolute Gasteiger partial charge is 0.465 e. The number of halogens is 3. The summed E-state index contributed by atoms with van der Waals surface area (Å²) in [5, 5.41) is 0. The molecule has 0 aliphatic rings. The summed E-state index contributed by atoms with van der Waals surface area (Å²) in [6.45, 7) is 5.13. The van der Waals surface area contributed by atoms with E-state index in [1.807, 2.05) is 0 Å². The number of ether oxygens (including phenoxy) is 2. The maximum absolute atomic E-state index is 12.6. The molecule has 0 atom stereocenters. The van der Waals surface area contributed by atoms with Gasteiger partial charge < -0.3 is 9.47 Å². The molecule has 2 aromatic rings. The van der Waals surface area contributed by atoms with Crippen LogP contribution in [-0.4, -0.2) is 19.8 Å². The SMILES string of the molecule is C=N/C=C(/Oc1ccc(C(F)(F)F)cc1)c1ccc(C(=O)OC)cc1C. The maximum Gasteiger partial charge on any atom is 0.416 e. The predicted molar refractivity (Wildman–Crippen MR) is 92.1 cm³/mol. The smallest absolute Gasteiger partial charge is 0.416 e. The number of hydrogen-bond donors (Lipinski definition) is 0. The van der Waals surface area contributed by atoms with Gasteiger partial charge in [0.1, 0.15) is 5.75 Å². The number of esters is 1. The number of benzene rings is 2. The second kappa shape index (κ2) is 7.86. The van der Waals surface area contributed by atoms with Gasteiger partial charge in [-0.2, -0.15) is 13.2 Å². The average Bonchev–Trinajstić information content (AvgIpc) is 2.60. The molecule has 7 heteroatoms. The van der Waals surface area contributed by atoms with Crippen LogP contribution in [0, 0.1) is 6.92 Å². The quantitative estimate of drug-likeness (QED) is 0.432. The van der Waals surface area contributed by atoms with Gasteiger partial charge in [0, 0.05) is 5.56 Å². The molecule has 0 heterocycles. The number of carbonyl (C=O) groups excluding carboxylic acids is 1. The molecule has 0 unspecified atom stereocenters. The van der Waals surface area contributed by atoms with Gasteiger partial charge in [-0.05, 0) is 55.6 Å². The molecule has 2 aromatic carbocycles. The van der Waals surface area contributed by atoms with E-state index < -0.39 is 17.7 Å². The highest BCUT2D eigenvalue weighted by atomic mass is 19.4. The molecule has 0 aliphatic carbocycles. The van der Waals surface area contributed by atoms with E-state index in [9.17, 15) is 18.0 Å². The molecule has 0 N–H and O–H groups in total. The number of aliphatic imine (C=N–C) groups is 1. The van der Waals surface area contributed by atoms with Gasteiger partial charge >= 0.3 is 12.1 Å². The van der Waals surface area contributed by atoms with Crippen LogP contribution in [0.3, 0.4) is 0 Å². The number of rotatable bonds is 5. The second-order valence-electron chi connectivity index (χ2n) is 5.32. The number of methoxy groups -OCH3 is 1. The molecular weight excluding hydrogens is 347 g/mol. The lowest BCUT2D eigenvalue weighted by Gasteiger charge is -2.14. The highest BCUT2D eigenvalue weighted by molar-refractivity contribution is 5.90. The fraction of sp³-hybridized carbons (Fsp3) is 0.158. The van der Waals surface area contributed by atoms with Gasteiger partial charge in [-0.25, -0.2) is 4.79 Å². The number of alkyl halides is 3. The summed E-state index contributed by atoms with van der Waals surface area (Å²) in [5.74, 6) is 0.0219. The van der Waals surface area contributed by atoms with Crippen LogP contribution in [-0.2, 0) is 10.9 Å². The minimum absolute atomic E-state index is 0.212. The fourth-order valence-corrected chi connectivity index (χ4v) is 2.26. The van der Waals surface area contributed by atoms with E-state index in [-0.39, 0.29) is 11.5 Å². The number of nitrogens with zero attached hydrogens (tertiary/aromatic N) is 1. The summed E-state index contributed by atoms with van der Waals surface area (Å²) in [6.07, 6.45) is -3.07. The Morgan fingerprint density at radius 3 is 2.31 bits per heavy atom. The van der Waals surface area contributed by atoms with E-state index in [1.165, 1.54) is 25.4 Å². The first-order valence-corrected chi connectivity index (χ1v) is 7.46. The van der Waals surface area contributed by atoms with Crippen LogP contribution in [0.1, 0.15) is 27.0 Å². The van der Waals surface area contributed by atoms with E-state index in [0.717, 1.165) is 12.1 Å². The lowest BCUT2D eigenvalue weighted by molar-refractivity contribution is -0.137. The van der Waals surface area contributed by atoms with Gasteiger partial charge in [0.05, 0.1) is 24.4 Å². The van der Waals surface area contributed by atoms with Gasteiger partial charge in [0.25, 0.3) is 0 Å². The topological polar surface area (TPSA) is 47.9 Å². The van der Waals surface area contributed by atoms with Gasteiger partial charge in [-0.1, -0.05) is 6.07 Å². The van der Waals surface area contributed by atoms with Crippen molar-refractivity contribution in [2.45, 2.75) is 13.1 Å². The van der Waals surface area contributed by atoms with Crippen molar-refractivity contribution < 1.29 is 27.4 Å². The highest BCUT2D eigenvalue weighted by Crippen LogP contribution is 2.31. The molecule has 26 heavy (non-hydrogen) atoms. The van der Waals surface area contributed by atoms with Crippen LogP contribution in [0.25, 0.3) is 5.76 Å². The van der Waals surface area contributed by atoms with Crippen molar-refractivity contribution >= 4 is 18.4 Å². The molecule has 0 bridgehead atoms. The number of carbonyl (C=O) groups is 1. The Morgan fingerprint density at radius 2 is 1.81 bits per heavy atom. The summed E-state index contributed by atoms with van der Waals surface area (Å²) < 4.78 is 48.2. The number of hydrogen-bond acceptors (Lipinski definition) is 4. The van der Waals surface area contributed by atoms with E-state index in [4.69, 9.17) is 4.74 Å². The van der Waals surface area contributed by atoms with Crippen molar-refractivity contribution in [2.24, 2.45) is 4.99 Å². The molecule has 0 fully saturated rings. The monoisotopic (exact) mass is 363 g/mol. The van der Waals surface area contributed by atoms with Crippen molar-refractivity contribution in [3.8, 4) is 5.75 Å². The summed E-state index contributed by atoms with van der Waals surface area (Å²) in [7, 11) is 1.28. The third-order valence-corrected chi connectivity index (χ3v) is 3.53. The first-order chi connectivity index (χ1) is 12.3. The minimum Gasteiger partial charge on any atom is -0.465 e. The van der Waals surface area contributed by atoms with Crippen LogP contribution < -0.4 is 4.74 Å². The Bertz CT molecular complexity index is 840. The summed E-state index contributed by atoms with van der Waals surface area (Å²) >= 11 is 0. The first-order valence-electron chi connectivity index (χ1n) is 7.46. The van der Waals surface area contributed by atoms with Crippen molar-refractivity contribution in [2.75, 3.05) is 7.11 Å². The minimum atomic E-state index is -4.42. The van der Waals surface area contributed by atoms with Gasteiger partial charge in [-0.3, -0.25) is 4.99 Å². The molecule has 0 radical (unpaired) electrons. The number of aryl methyl sites for hydroxylation is 1. The summed E-state index contributed by atoms with van der Waals surface area (Å²) in [4.78, 5) is 15.3. The van der Waals surface area contributed by atoms with Gasteiger partial charge in [0.2, 0.25) is 0 Å².